The van der Waals surface area contributed by atoms with Crippen LogP contribution in [0.1, 0.15) is 0 Å². The molecule has 0 aliphatic rings. The summed E-state index contributed by atoms with van der Waals surface area (Å²) in [6, 6.07) is 18.2. The first kappa shape index (κ1) is 15.4. The molecule has 0 saturated carbocycles. The minimum absolute atomic E-state index is 0.352. The van der Waals surface area contributed by atoms with E-state index in [1.54, 1.807) is 42.5 Å². The van der Waals surface area contributed by atoms with Gasteiger partial charge in [-0.15, -0.1) is 0 Å². The van der Waals surface area contributed by atoms with E-state index in [1.165, 1.54) is 30.3 Å². The van der Waals surface area contributed by atoms with E-state index < -0.39 is 0 Å². The summed E-state index contributed by atoms with van der Waals surface area (Å²) in [4.78, 5) is 4.63. The molecule has 0 saturated heterocycles. The first-order valence-corrected chi connectivity index (χ1v) is 7.73. The number of pyridine rings is 1. The maximum absolute atomic E-state index is 14.4. The van der Waals surface area contributed by atoms with Crippen LogP contribution in [0.25, 0.3) is 33.3 Å². The van der Waals surface area contributed by atoms with Crippen molar-refractivity contribution >= 4 is 10.8 Å². The molecule has 1 heterocycles. The van der Waals surface area contributed by atoms with Crippen LogP contribution in [0.4, 0.5) is 13.2 Å². The Morgan fingerprint density at radius 3 is 1.84 bits per heavy atom. The van der Waals surface area contributed by atoms with Crippen LogP contribution in [0, 0.1) is 17.5 Å². The number of halogens is 3. The highest BCUT2D eigenvalue weighted by atomic mass is 19.1. The second-order valence-electron chi connectivity index (χ2n) is 5.70. The van der Waals surface area contributed by atoms with Crippen LogP contribution in [-0.2, 0) is 0 Å². The molecule has 0 amide bonds. The lowest BCUT2D eigenvalue weighted by atomic mass is 10.0. The molecule has 0 aliphatic carbocycles. The van der Waals surface area contributed by atoms with Gasteiger partial charge in [-0.2, -0.15) is 0 Å². The molecule has 0 atom stereocenters. The number of rotatable bonds is 2. The number of benzene rings is 3. The largest absolute Gasteiger partial charge is 0.247 e. The number of nitrogens with zero attached hydrogens (tertiary/aromatic N) is 1. The molecule has 122 valence electrons. The van der Waals surface area contributed by atoms with Crippen molar-refractivity contribution in [2.45, 2.75) is 0 Å². The summed E-state index contributed by atoms with van der Waals surface area (Å²) >= 11 is 0. The van der Waals surface area contributed by atoms with Crippen molar-refractivity contribution in [1.82, 2.24) is 4.98 Å². The van der Waals surface area contributed by atoms with Gasteiger partial charge in [0.2, 0.25) is 0 Å². The van der Waals surface area contributed by atoms with Crippen LogP contribution in [0.5, 0.6) is 0 Å². The summed E-state index contributed by atoms with van der Waals surface area (Å²) in [6.07, 6.45) is 0. The minimum atomic E-state index is -0.369. The van der Waals surface area contributed by atoms with Gasteiger partial charge >= 0.3 is 0 Å². The molecular weight excluding hydrogens is 323 g/mol. The standard InChI is InChI=1S/C21H12F3N/c22-15-8-4-13(5-9-15)20-12-18-17(2-1-3-19(18)24)21(25-20)14-6-10-16(23)11-7-14/h1-12H. The molecule has 4 heteroatoms. The average molecular weight is 335 g/mol. The van der Waals surface area contributed by atoms with Gasteiger partial charge < -0.3 is 0 Å². The Morgan fingerprint density at radius 1 is 0.600 bits per heavy atom. The van der Waals surface area contributed by atoms with E-state index in [-0.39, 0.29) is 17.5 Å². The minimum Gasteiger partial charge on any atom is -0.247 e. The zero-order valence-electron chi connectivity index (χ0n) is 13.0. The Hall–Kier alpha value is -3.14. The fourth-order valence-electron chi connectivity index (χ4n) is 2.84. The predicted molar refractivity (Wildman–Crippen MR) is 92.5 cm³/mol. The Bertz CT molecular complexity index is 1050. The Morgan fingerprint density at radius 2 is 1.20 bits per heavy atom. The number of hydrogen-bond acceptors (Lipinski definition) is 1. The van der Waals surface area contributed by atoms with Gasteiger partial charge in [-0.25, -0.2) is 18.2 Å². The van der Waals surface area contributed by atoms with E-state index in [9.17, 15) is 13.2 Å². The summed E-state index contributed by atoms with van der Waals surface area (Å²) in [5, 5.41) is 1.05. The van der Waals surface area contributed by atoms with Gasteiger partial charge in [0.1, 0.15) is 17.5 Å². The van der Waals surface area contributed by atoms with Crippen molar-refractivity contribution in [2.75, 3.05) is 0 Å². The second-order valence-corrected chi connectivity index (χ2v) is 5.70. The number of hydrogen-bond donors (Lipinski definition) is 0. The highest BCUT2D eigenvalue weighted by molar-refractivity contribution is 5.97. The fourth-order valence-corrected chi connectivity index (χ4v) is 2.84. The van der Waals surface area contributed by atoms with E-state index in [2.05, 4.69) is 4.98 Å². The lowest BCUT2D eigenvalue weighted by Crippen LogP contribution is -1.93. The molecule has 0 N–H and O–H groups in total. The third-order valence-corrected chi connectivity index (χ3v) is 4.08. The highest BCUT2D eigenvalue weighted by Crippen LogP contribution is 2.32. The van der Waals surface area contributed by atoms with E-state index in [1.807, 2.05) is 0 Å². The first-order chi connectivity index (χ1) is 12.1. The SMILES string of the molecule is Fc1ccc(-c2cc3c(F)cccc3c(-c3ccc(F)cc3)n2)cc1. The van der Waals surface area contributed by atoms with Gasteiger partial charge in [0.25, 0.3) is 0 Å². The van der Waals surface area contributed by atoms with Crippen LogP contribution in [0.2, 0.25) is 0 Å². The molecule has 0 bridgehead atoms. The third kappa shape index (κ3) is 2.87. The van der Waals surface area contributed by atoms with Gasteiger partial charge in [0, 0.05) is 21.9 Å². The Labute approximate surface area is 142 Å². The molecule has 0 radical (unpaired) electrons. The molecule has 1 aromatic heterocycles. The molecule has 0 aliphatic heterocycles. The molecular formula is C21H12F3N. The highest BCUT2D eigenvalue weighted by Gasteiger charge is 2.12. The van der Waals surface area contributed by atoms with Crippen molar-refractivity contribution in [2.24, 2.45) is 0 Å². The summed E-state index contributed by atoms with van der Waals surface area (Å²) in [6.45, 7) is 0. The van der Waals surface area contributed by atoms with Gasteiger partial charge in [-0.05, 0) is 60.7 Å². The summed E-state index contributed by atoms with van der Waals surface area (Å²) in [5.41, 5.74) is 2.43. The van der Waals surface area contributed by atoms with Gasteiger partial charge in [0.15, 0.2) is 0 Å². The monoisotopic (exact) mass is 335 g/mol. The van der Waals surface area contributed by atoms with E-state index in [0.29, 0.717) is 33.3 Å². The molecule has 0 fully saturated rings. The van der Waals surface area contributed by atoms with Crippen molar-refractivity contribution in [3.05, 3.63) is 90.2 Å². The normalized spacial score (nSPS) is 11.0. The smallest absolute Gasteiger partial charge is 0.131 e. The Kier molecular flexibility index (Phi) is 3.73. The maximum Gasteiger partial charge on any atom is 0.131 e. The lowest BCUT2D eigenvalue weighted by Gasteiger charge is -2.11. The summed E-state index contributed by atoms with van der Waals surface area (Å²) in [5.74, 6) is -1.07. The van der Waals surface area contributed by atoms with Crippen LogP contribution < -0.4 is 0 Å². The lowest BCUT2D eigenvalue weighted by molar-refractivity contribution is 0.627. The van der Waals surface area contributed by atoms with Gasteiger partial charge in [-0.1, -0.05) is 12.1 Å². The molecule has 0 unspecified atom stereocenters. The van der Waals surface area contributed by atoms with Gasteiger partial charge in [0.05, 0.1) is 11.4 Å². The van der Waals surface area contributed by atoms with Crippen LogP contribution in [0.3, 0.4) is 0 Å². The van der Waals surface area contributed by atoms with Crippen molar-refractivity contribution in [3.63, 3.8) is 0 Å². The van der Waals surface area contributed by atoms with Crippen LogP contribution >= 0.6 is 0 Å². The van der Waals surface area contributed by atoms with Crippen molar-refractivity contribution < 1.29 is 13.2 Å². The molecule has 4 rings (SSSR count). The maximum atomic E-state index is 14.4. The second kappa shape index (κ2) is 6.06. The zero-order valence-corrected chi connectivity index (χ0v) is 13.0. The average Bonchev–Trinajstić information content (AvgIpc) is 2.63. The molecule has 0 spiro atoms. The van der Waals surface area contributed by atoms with Crippen LogP contribution in [-0.4, -0.2) is 4.98 Å². The topological polar surface area (TPSA) is 12.9 Å². The number of aromatic nitrogens is 1. The molecule has 25 heavy (non-hydrogen) atoms. The van der Waals surface area contributed by atoms with E-state index in [4.69, 9.17) is 0 Å². The van der Waals surface area contributed by atoms with Crippen molar-refractivity contribution in [3.8, 4) is 22.5 Å². The van der Waals surface area contributed by atoms with Crippen LogP contribution in [0.15, 0.2) is 72.8 Å². The Balaban J connectivity index is 2.01. The predicted octanol–water partition coefficient (Wildman–Crippen LogP) is 5.99. The molecule has 4 aromatic rings. The van der Waals surface area contributed by atoms with E-state index in [0.717, 1.165) is 0 Å². The summed E-state index contributed by atoms with van der Waals surface area (Å²) in [7, 11) is 0. The third-order valence-electron chi connectivity index (χ3n) is 4.08. The van der Waals surface area contributed by atoms with E-state index >= 15 is 0 Å². The zero-order chi connectivity index (χ0) is 17.4. The van der Waals surface area contributed by atoms with Gasteiger partial charge in [-0.3, -0.25) is 0 Å². The fraction of sp³-hybridized carbons (Fsp3) is 0. The quantitative estimate of drug-likeness (QED) is 0.439. The number of fused-ring (bicyclic) bond motifs is 1. The van der Waals surface area contributed by atoms with Crippen molar-refractivity contribution in [1.29, 1.82) is 0 Å². The summed E-state index contributed by atoms with van der Waals surface area (Å²) < 4.78 is 40.8. The first-order valence-electron chi connectivity index (χ1n) is 7.73. The molecule has 3 aromatic carbocycles. The molecule has 1 nitrogen and oxygen atoms in total.